The molecule has 2 aromatic rings. The van der Waals surface area contributed by atoms with Gasteiger partial charge in [-0.25, -0.2) is 0 Å². The van der Waals surface area contributed by atoms with Crippen LogP contribution >= 0.6 is 34.8 Å². The standard InChI is InChI=1S/C18H19Cl3N2O2/c1-12-3-8-15(20)18(17(12)21)22-16(24)11-23(2)9-10-25-14-6-4-13(19)5-7-14/h3-8H,9-11H2,1-2H3,(H,22,24). The Morgan fingerprint density at radius 3 is 2.48 bits per heavy atom. The van der Waals surface area contributed by atoms with E-state index in [9.17, 15) is 4.79 Å². The maximum Gasteiger partial charge on any atom is 0.238 e. The summed E-state index contributed by atoms with van der Waals surface area (Å²) in [6.45, 7) is 3.10. The van der Waals surface area contributed by atoms with Gasteiger partial charge in [-0.15, -0.1) is 0 Å². The van der Waals surface area contributed by atoms with Gasteiger partial charge in [-0.3, -0.25) is 9.69 Å². The summed E-state index contributed by atoms with van der Waals surface area (Å²) in [6, 6.07) is 10.7. The fourth-order valence-corrected chi connectivity index (χ4v) is 2.72. The molecule has 0 spiro atoms. The van der Waals surface area contributed by atoms with E-state index in [0.29, 0.717) is 33.9 Å². The van der Waals surface area contributed by atoms with E-state index in [-0.39, 0.29) is 12.5 Å². The highest BCUT2D eigenvalue weighted by Crippen LogP contribution is 2.32. The first-order valence-corrected chi connectivity index (χ1v) is 8.81. The van der Waals surface area contributed by atoms with Gasteiger partial charge in [0.25, 0.3) is 0 Å². The summed E-state index contributed by atoms with van der Waals surface area (Å²) in [5.41, 5.74) is 1.30. The first kappa shape index (κ1) is 19.9. The molecule has 1 N–H and O–H groups in total. The summed E-state index contributed by atoms with van der Waals surface area (Å²) < 4.78 is 5.61. The number of anilines is 1. The van der Waals surface area contributed by atoms with Crippen molar-refractivity contribution in [2.45, 2.75) is 6.92 Å². The van der Waals surface area contributed by atoms with Crippen LogP contribution in [0.2, 0.25) is 15.1 Å². The van der Waals surface area contributed by atoms with Crippen LogP contribution in [0.25, 0.3) is 0 Å². The number of likely N-dealkylation sites (N-methyl/N-ethyl adjacent to an activating group) is 1. The molecule has 0 radical (unpaired) electrons. The van der Waals surface area contributed by atoms with Crippen molar-refractivity contribution in [3.63, 3.8) is 0 Å². The van der Waals surface area contributed by atoms with E-state index in [2.05, 4.69) is 5.32 Å². The number of halogens is 3. The molecular formula is C18H19Cl3N2O2. The number of aryl methyl sites for hydroxylation is 1. The van der Waals surface area contributed by atoms with Crippen molar-refractivity contribution in [3.05, 3.63) is 57.0 Å². The minimum absolute atomic E-state index is 0.191. The maximum absolute atomic E-state index is 12.2. The second-order valence-corrected chi connectivity index (χ2v) is 6.86. The Kier molecular flexibility index (Phi) is 7.38. The summed E-state index contributed by atoms with van der Waals surface area (Å²) in [7, 11) is 1.84. The second kappa shape index (κ2) is 9.30. The Balaban J connectivity index is 1.80. The van der Waals surface area contributed by atoms with Gasteiger partial charge in [0.05, 0.1) is 22.3 Å². The van der Waals surface area contributed by atoms with Crippen molar-refractivity contribution < 1.29 is 9.53 Å². The topological polar surface area (TPSA) is 41.6 Å². The number of benzene rings is 2. The van der Waals surface area contributed by atoms with Crippen molar-refractivity contribution >= 4 is 46.4 Å². The molecule has 4 nitrogen and oxygen atoms in total. The van der Waals surface area contributed by atoms with Crippen molar-refractivity contribution in [2.75, 3.05) is 32.1 Å². The number of nitrogens with one attached hydrogen (secondary N) is 1. The van der Waals surface area contributed by atoms with E-state index in [0.717, 1.165) is 11.3 Å². The molecule has 0 bridgehead atoms. The van der Waals surface area contributed by atoms with Crippen molar-refractivity contribution in [1.82, 2.24) is 4.90 Å². The third-order valence-corrected chi connectivity index (χ3v) is 4.57. The number of carbonyl (C=O) groups is 1. The molecule has 0 aliphatic rings. The number of nitrogens with zero attached hydrogens (tertiary/aromatic N) is 1. The lowest BCUT2D eigenvalue weighted by Crippen LogP contribution is -2.33. The van der Waals surface area contributed by atoms with Crippen LogP contribution in [-0.4, -0.2) is 37.6 Å². The Labute approximate surface area is 162 Å². The molecule has 2 aromatic carbocycles. The zero-order valence-electron chi connectivity index (χ0n) is 14.0. The van der Waals surface area contributed by atoms with E-state index < -0.39 is 0 Å². The zero-order chi connectivity index (χ0) is 18.4. The molecule has 0 aliphatic heterocycles. The Bertz CT molecular complexity index is 736. The van der Waals surface area contributed by atoms with Gasteiger partial charge in [0.2, 0.25) is 5.91 Å². The van der Waals surface area contributed by atoms with Crippen LogP contribution in [0.15, 0.2) is 36.4 Å². The quantitative estimate of drug-likeness (QED) is 0.717. The van der Waals surface area contributed by atoms with E-state index in [1.54, 1.807) is 36.4 Å². The molecule has 0 heterocycles. The minimum atomic E-state index is -0.191. The molecule has 0 unspecified atom stereocenters. The average molecular weight is 402 g/mol. The molecule has 0 aromatic heterocycles. The minimum Gasteiger partial charge on any atom is -0.492 e. The first-order valence-electron chi connectivity index (χ1n) is 7.68. The van der Waals surface area contributed by atoms with Crippen LogP contribution in [0.5, 0.6) is 5.75 Å². The summed E-state index contributed by atoms with van der Waals surface area (Å²) in [5.74, 6) is 0.545. The summed E-state index contributed by atoms with van der Waals surface area (Å²) in [5, 5.41) is 4.29. The van der Waals surface area contributed by atoms with Gasteiger partial charge in [-0.05, 0) is 49.9 Å². The molecule has 134 valence electrons. The molecule has 7 heteroatoms. The highest BCUT2D eigenvalue weighted by atomic mass is 35.5. The van der Waals surface area contributed by atoms with Crippen LogP contribution in [-0.2, 0) is 4.79 Å². The Morgan fingerprint density at radius 1 is 1.12 bits per heavy atom. The van der Waals surface area contributed by atoms with E-state index in [4.69, 9.17) is 39.5 Å². The third kappa shape index (κ3) is 6.08. The number of hydrogen-bond acceptors (Lipinski definition) is 3. The van der Waals surface area contributed by atoms with E-state index in [1.807, 2.05) is 18.9 Å². The van der Waals surface area contributed by atoms with Gasteiger partial charge >= 0.3 is 0 Å². The third-order valence-electron chi connectivity index (χ3n) is 3.52. The van der Waals surface area contributed by atoms with Crippen LogP contribution in [0.3, 0.4) is 0 Å². The highest BCUT2D eigenvalue weighted by molar-refractivity contribution is 6.40. The largest absolute Gasteiger partial charge is 0.492 e. The van der Waals surface area contributed by atoms with Crippen LogP contribution in [0.4, 0.5) is 5.69 Å². The molecule has 0 fully saturated rings. The lowest BCUT2D eigenvalue weighted by atomic mass is 10.2. The predicted molar refractivity (Wildman–Crippen MR) is 104 cm³/mol. The molecule has 0 saturated carbocycles. The maximum atomic E-state index is 12.2. The smallest absolute Gasteiger partial charge is 0.238 e. The summed E-state index contributed by atoms with van der Waals surface area (Å²) in [4.78, 5) is 14.0. The lowest BCUT2D eigenvalue weighted by molar-refractivity contribution is -0.117. The number of hydrogen-bond donors (Lipinski definition) is 1. The number of rotatable bonds is 7. The molecule has 25 heavy (non-hydrogen) atoms. The fraction of sp³-hybridized carbons (Fsp3) is 0.278. The SMILES string of the molecule is Cc1ccc(Cl)c(NC(=O)CN(C)CCOc2ccc(Cl)cc2)c1Cl. The number of amides is 1. The Morgan fingerprint density at radius 2 is 1.80 bits per heavy atom. The van der Waals surface area contributed by atoms with Gasteiger partial charge in [0.1, 0.15) is 12.4 Å². The molecule has 0 aliphatic carbocycles. The number of ether oxygens (including phenoxy) is 1. The highest BCUT2D eigenvalue weighted by Gasteiger charge is 2.13. The zero-order valence-corrected chi connectivity index (χ0v) is 16.3. The molecule has 0 atom stereocenters. The van der Waals surface area contributed by atoms with Gasteiger partial charge < -0.3 is 10.1 Å². The van der Waals surface area contributed by atoms with E-state index >= 15 is 0 Å². The lowest BCUT2D eigenvalue weighted by Gasteiger charge is -2.17. The first-order chi connectivity index (χ1) is 11.9. The van der Waals surface area contributed by atoms with Crippen molar-refractivity contribution in [2.24, 2.45) is 0 Å². The molecule has 2 rings (SSSR count). The molecular weight excluding hydrogens is 383 g/mol. The second-order valence-electron chi connectivity index (χ2n) is 5.64. The van der Waals surface area contributed by atoms with Gasteiger partial charge in [-0.1, -0.05) is 40.9 Å². The predicted octanol–water partition coefficient (Wildman–Crippen LogP) is 4.90. The van der Waals surface area contributed by atoms with Gasteiger partial charge in [0, 0.05) is 11.6 Å². The van der Waals surface area contributed by atoms with Crippen molar-refractivity contribution in [3.8, 4) is 5.75 Å². The summed E-state index contributed by atoms with van der Waals surface area (Å²) in [6.07, 6.45) is 0. The average Bonchev–Trinajstić information content (AvgIpc) is 2.57. The van der Waals surface area contributed by atoms with Crippen molar-refractivity contribution in [1.29, 1.82) is 0 Å². The van der Waals surface area contributed by atoms with Crippen LogP contribution < -0.4 is 10.1 Å². The van der Waals surface area contributed by atoms with Crippen LogP contribution in [0, 0.1) is 6.92 Å². The van der Waals surface area contributed by atoms with Gasteiger partial charge in [0.15, 0.2) is 0 Å². The monoisotopic (exact) mass is 400 g/mol. The Hall–Kier alpha value is -1.46. The fourth-order valence-electron chi connectivity index (χ4n) is 2.12. The van der Waals surface area contributed by atoms with E-state index in [1.165, 1.54) is 0 Å². The summed E-state index contributed by atoms with van der Waals surface area (Å²) >= 11 is 18.1. The normalized spacial score (nSPS) is 10.8. The number of carbonyl (C=O) groups excluding carboxylic acids is 1. The van der Waals surface area contributed by atoms with Crippen LogP contribution in [0.1, 0.15) is 5.56 Å². The molecule has 0 saturated heterocycles. The van der Waals surface area contributed by atoms with Gasteiger partial charge in [-0.2, -0.15) is 0 Å². The molecule has 1 amide bonds.